The zero-order chi connectivity index (χ0) is 17.8. The van der Waals surface area contributed by atoms with Gasteiger partial charge in [0.15, 0.2) is 0 Å². The highest BCUT2D eigenvalue weighted by atomic mass is 16.3. The lowest BCUT2D eigenvalue weighted by atomic mass is 10.1. The van der Waals surface area contributed by atoms with Crippen molar-refractivity contribution in [3.8, 4) is 11.3 Å². The van der Waals surface area contributed by atoms with Crippen LogP contribution in [0.25, 0.3) is 11.3 Å². The van der Waals surface area contributed by atoms with Crippen molar-refractivity contribution in [3.05, 3.63) is 60.9 Å². The molecule has 0 spiro atoms. The van der Waals surface area contributed by atoms with E-state index in [0.29, 0.717) is 24.7 Å². The third kappa shape index (κ3) is 3.54. The molecule has 4 rings (SSSR count). The SMILES string of the molecule is O=C(c1ccoc1)N(CCn1ccc(-c2ccncc2)n1)C1CCCC1. The Morgan fingerprint density at radius 3 is 2.73 bits per heavy atom. The summed E-state index contributed by atoms with van der Waals surface area (Å²) >= 11 is 0. The standard InChI is InChI=1S/C20H22N4O2/c25-20(17-8-14-26-15-17)24(18-3-1-2-4-18)13-12-23-11-7-19(22-23)16-5-9-21-10-6-16/h5-11,14-15,18H,1-4,12-13H2. The van der Waals surface area contributed by atoms with Gasteiger partial charge in [0, 0.05) is 36.7 Å². The fourth-order valence-electron chi connectivity index (χ4n) is 3.59. The normalized spacial score (nSPS) is 14.6. The topological polar surface area (TPSA) is 64.2 Å². The predicted octanol–water partition coefficient (Wildman–Crippen LogP) is 3.62. The van der Waals surface area contributed by atoms with E-state index in [4.69, 9.17) is 4.42 Å². The summed E-state index contributed by atoms with van der Waals surface area (Å²) in [5, 5.41) is 4.63. The molecule has 1 amide bonds. The molecule has 0 aliphatic heterocycles. The summed E-state index contributed by atoms with van der Waals surface area (Å²) < 4.78 is 7.00. The van der Waals surface area contributed by atoms with Gasteiger partial charge in [-0.05, 0) is 37.1 Å². The molecule has 1 fully saturated rings. The summed E-state index contributed by atoms with van der Waals surface area (Å²) in [4.78, 5) is 18.9. The minimum Gasteiger partial charge on any atom is -0.472 e. The molecule has 0 N–H and O–H groups in total. The van der Waals surface area contributed by atoms with Crippen LogP contribution in [0.2, 0.25) is 0 Å². The number of rotatable bonds is 6. The van der Waals surface area contributed by atoms with Crippen molar-refractivity contribution in [1.82, 2.24) is 19.7 Å². The van der Waals surface area contributed by atoms with Gasteiger partial charge >= 0.3 is 0 Å². The van der Waals surface area contributed by atoms with Crippen molar-refractivity contribution in [3.63, 3.8) is 0 Å². The lowest BCUT2D eigenvalue weighted by molar-refractivity contribution is 0.0671. The number of carbonyl (C=O) groups excluding carboxylic acids is 1. The Labute approximate surface area is 152 Å². The molecule has 26 heavy (non-hydrogen) atoms. The van der Waals surface area contributed by atoms with E-state index in [9.17, 15) is 4.79 Å². The Hall–Kier alpha value is -2.89. The Bertz CT molecular complexity index is 836. The van der Waals surface area contributed by atoms with Crippen LogP contribution in [-0.4, -0.2) is 38.2 Å². The molecule has 0 atom stereocenters. The molecule has 1 aliphatic rings. The molecule has 3 aromatic heterocycles. The van der Waals surface area contributed by atoms with Crippen LogP contribution < -0.4 is 0 Å². The van der Waals surface area contributed by atoms with Crippen LogP contribution in [0, 0.1) is 0 Å². The molecule has 3 heterocycles. The zero-order valence-corrected chi connectivity index (χ0v) is 14.6. The lowest BCUT2D eigenvalue weighted by Gasteiger charge is -2.28. The molecule has 0 saturated heterocycles. The largest absolute Gasteiger partial charge is 0.472 e. The summed E-state index contributed by atoms with van der Waals surface area (Å²) in [5.41, 5.74) is 2.58. The van der Waals surface area contributed by atoms with Gasteiger partial charge in [-0.3, -0.25) is 14.5 Å². The molecule has 134 valence electrons. The first-order chi connectivity index (χ1) is 12.8. The molecule has 1 aliphatic carbocycles. The van der Waals surface area contributed by atoms with Crippen molar-refractivity contribution in [2.45, 2.75) is 38.3 Å². The van der Waals surface area contributed by atoms with Gasteiger partial charge < -0.3 is 9.32 Å². The van der Waals surface area contributed by atoms with Crippen molar-refractivity contribution in [2.24, 2.45) is 0 Å². The van der Waals surface area contributed by atoms with Gasteiger partial charge in [0.25, 0.3) is 5.91 Å². The van der Waals surface area contributed by atoms with Crippen molar-refractivity contribution >= 4 is 5.91 Å². The monoisotopic (exact) mass is 350 g/mol. The molecule has 0 aromatic carbocycles. The Balaban J connectivity index is 1.46. The molecule has 6 nitrogen and oxygen atoms in total. The van der Waals surface area contributed by atoms with Crippen LogP contribution in [0.4, 0.5) is 0 Å². The van der Waals surface area contributed by atoms with Crippen LogP contribution in [0.15, 0.2) is 59.8 Å². The quantitative estimate of drug-likeness (QED) is 0.681. The predicted molar refractivity (Wildman–Crippen MR) is 97.5 cm³/mol. The van der Waals surface area contributed by atoms with Crippen molar-refractivity contribution in [2.75, 3.05) is 6.54 Å². The Morgan fingerprint density at radius 1 is 1.19 bits per heavy atom. The summed E-state index contributed by atoms with van der Waals surface area (Å²) in [5.74, 6) is 0.0483. The average Bonchev–Trinajstić information content (AvgIpc) is 3.44. The fourth-order valence-corrected chi connectivity index (χ4v) is 3.59. The minimum absolute atomic E-state index is 0.0483. The summed E-state index contributed by atoms with van der Waals surface area (Å²) in [6, 6.07) is 7.93. The van der Waals surface area contributed by atoms with E-state index in [0.717, 1.165) is 24.1 Å². The maximum absolute atomic E-state index is 12.9. The van der Waals surface area contributed by atoms with Gasteiger partial charge in [0.1, 0.15) is 6.26 Å². The Kier molecular flexibility index (Phi) is 4.82. The Morgan fingerprint density at radius 2 is 2.00 bits per heavy atom. The second-order valence-corrected chi connectivity index (χ2v) is 6.65. The molecule has 6 heteroatoms. The molecule has 0 bridgehead atoms. The summed E-state index contributed by atoms with van der Waals surface area (Å²) in [6.45, 7) is 1.32. The third-order valence-electron chi connectivity index (χ3n) is 4.98. The van der Waals surface area contributed by atoms with E-state index in [1.165, 1.54) is 19.1 Å². The highest BCUT2D eigenvalue weighted by molar-refractivity contribution is 5.94. The lowest BCUT2D eigenvalue weighted by Crippen LogP contribution is -2.40. The number of hydrogen-bond acceptors (Lipinski definition) is 4. The minimum atomic E-state index is 0.0483. The van der Waals surface area contributed by atoms with Crippen LogP contribution in [0.5, 0.6) is 0 Å². The van der Waals surface area contributed by atoms with Crippen LogP contribution in [0.3, 0.4) is 0 Å². The average molecular weight is 350 g/mol. The number of amides is 1. The van der Waals surface area contributed by atoms with E-state index in [1.807, 2.05) is 34.0 Å². The highest BCUT2D eigenvalue weighted by Crippen LogP contribution is 2.25. The number of pyridine rings is 1. The zero-order valence-electron chi connectivity index (χ0n) is 14.6. The van der Waals surface area contributed by atoms with Crippen molar-refractivity contribution in [1.29, 1.82) is 0 Å². The fraction of sp³-hybridized carbons (Fsp3) is 0.350. The molecule has 3 aromatic rings. The van der Waals surface area contributed by atoms with Gasteiger partial charge in [-0.1, -0.05) is 12.8 Å². The first-order valence-corrected chi connectivity index (χ1v) is 9.08. The maximum atomic E-state index is 12.9. The van der Waals surface area contributed by atoms with Crippen LogP contribution >= 0.6 is 0 Å². The first kappa shape index (κ1) is 16.6. The van der Waals surface area contributed by atoms with Gasteiger partial charge in [0.2, 0.25) is 0 Å². The van der Waals surface area contributed by atoms with Gasteiger partial charge in [-0.2, -0.15) is 5.10 Å². The number of furan rings is 1. The summed E-state index contributed by atoms with van der Waals surface area (Å²) in [6.07, 6.45) is 13.1. The molecular formula is C20H22N4O2. The van der Waals surface area contributed by atoms with E-state index in [-0.39, 0.29) is 5.91 Å². The highest BCUT2D eigenvalue weighted by Gasteiger charge is 2.27. The number of hydrogen-bond donors (Lipinski definition) is 0. The first-order valence-electron chi connectivity index (χ1n) is 9.08. The van der Waals surface area contributed by atoms with E-state index < -0.39 is 0 Å². The van der Waals surface area contributed by atoms with E-state index in [2.05, 4.69) is 10.1 Å². The maximum Gasteiger partial charge on any atom is 0.257 e. The van der Waals surface area contributed by atoms with Crippen molar-refractivity contribution < 1.29 is 9.21 Å². The third-order valence-corrected chi connectivity index (χ3v) is 4.98. The van der Waals surface area contributed by atoms with Gasteiger partial charge in [-0.25, -0.2) is 0 Å². The van der Waals surface area contributed by atoms with Crippen LogP contribution in [-0.2, 0) is 6.54 Å². The second kappa shape index (κ2) is 7.56. The molecule has 0 radical (unpaired) electrons. The smallest absolute Gasteiger partial charge is 0.257 e. The number of aromatic nitrogens is 3. The van der Waals surface area contributed by atoms with Crippen LogP contribution in [0.1, 0.15) is 36.0 Å². The molecule has 1 saturated carbocycles. The van der Waals surface area contributed by atoms with Gasteiger partial charge in [0.05, 0.1) is 24.1 Å². The molecule has 0 unspecified atom stereocenters. The van der Waals surface area contributed by atoms with Gasteiger partial charge in [-0.15, -0.1) is 0 Å². The summed E-state index contributed by atoms with van der Waals surface area (Å²) in [7, 11) is 0. The number of nitrogens with zero attached hydrogens (tertiary/aromatic N) is 4. The second-order valence-electron chi connectivity index (χ2n) is 6.65. The van der Waals surface area contributed by atoms with E-state index >= 15 is 0 Å². The molecular weight excluding hydrogens is 328 g/mol. The van der Waals surface area contributed by atoms with E-state index in [1.54, 1.807) is 24.7 Å². The number of carbonyl (C=O) groups is 1.